The first-order chi connectivity index (χ1) is 14.8. The zero-order chi connectivity index (χ0) is 22.2. The second kappa shape index (κ2) is 7.98. The van der Waals surface area contributed by atoms with Gasteiger partial charge in [-0.25, -0.2) is 18.8 Å². The topological polar surface area (TPSA) is 84.5 Å². The van der Waals surface area contributed by atoms with Gasteiger partial charge >= 0.3 is 0 Å². The zero-order valence-corrected chi connectivity index (χ0v) is 17.2. The molecule has 0 unspecified atom stereocenters. The van der Waals surface area contributed by atoms with Crippen LogP contribution in [0.25, 0.3) is 0 Å². The molecular formula is C22H21F2N5O2. The highest BCUT2D eigenvalue weighted by atomic mass is 19.1. The van der Waals surface area contributed by atoms with E-state index in [-0.39, 0.29) is 42.9 Å². The number of carbonyl (C=O) groups is 1. The number of aryl methyl sites for hydroxylation is 1. The van der Waals surface area contributed by atoms with E-state index in [9.17, 15) is 9.18 Å². The Morgan fingerprint density at radius 2 is 2.03 bits per heavy atom. The summed E-state index contributed by atoms with van der Waals surface area (Å²) in [6.45, 7) is 5.34. The zero-order valence-electron chi connectivity index (χ0n) is 17.2. The predicted octanol–water partition coefficient (Wildman–Crippen LogP) is 4.26. The molecule has 1 aliphatic rings. The van der Waals surface area contributed by atoms with Crippen LogP contribution in [0.5, 0.6) is 0 Å². The van der Waals surface area contributed by atoms with E-state index in [1.807, 2.05) is 0 Å². The van der Waals surface area contributed by atoms with Crippen molar-refractivity contribution in [3.05, 3.63) is 70.8 Å². The first-order valence-corrected chi connectivity index (χ1v) is 9.76. The predicted molar refractivity (Wildman–Crippen MR) is 109 cm³/mol. The number of aromatic nitrogens is 3. The van der Waals surface area contributed by atoms with Gasteiger partial charge < -0.3 is 9.42 Å². The highest BCUT2D eigenvalue weighted by molar-refractivity contribution is 5.99. The molecule has 160 valence electrons. The first kappa shape index (κ1) is 20.8. The van der Waals surface area contributed by atoms with E-state index in [1.54, 1.807) is 26.2 Å². The van der Waals surface area contributed by atoms with E-state index in [0.29, 0.717) is 17.0 Å². The molecule has 1 fully saturated rings. The van der Waals surface area contributed by atoms with Gasteiger partial charge in [-0.15, -0.1) is 0 Å². The molecule has 0 saturated heterocycles. The highest BCUT2D eigenvalue weighted by Gasteiger charge is 2.48. The fraction of sp³-hybridized carbons (Fsp3) is 0.318. The molecule has 0 atom stereocenters. The Bertz CT molecular complexity index is 1120. The van der Waals surface area contributed by atoms with Crippen LogP contribution in [0, 0.1) is 12.7 Å². The van der Waals surface area contributed by atoms with Crippen molar-refractivity contribution in [2.45, 2.75) is 37.9 Å². The lowest BCUT2D eigenvalue weighted by molar-refractivity contribution is 0.0335. The molecule has 1 amide bonds. The van der Waals surface area contributed by atoms with Crippen LogP contribution in [0.3, 0.4) is 0 Å². The molecule has 7 nitrogen and oxygen atoms in total. The summed E-state index contributed by atoms with van der Waals surface area (Å²) in [6.07, 6.45) is 1.95. The molecule has 2 aromatic heterocycles. The van der Waals surface area contributed by atoms with Crippen LogP contribution in [0.15, 0.2) is 46.0 Å². The molecule has 0 N–H and O–H groups in total. The molecule has 1 saturated carbocycles. The fourth-order valence-corrected chi connectivity index (χ4v) is 3.78. The minimum absolute atomic E-state index is 0.0855. The maximum Gasteiger partial charge on any atom is 0.258 e. The number of hydrogen-bond acceptors (Lipinski definition) is 6. The number of nitrogens with zero attached hydrogens (tertiary/aromatic N) is 5. The van der Waals surface area contributed by atoms with E-state index in [2.05, 4.69) is 26.8 Å². The number of hydrogen-bond donors (Lipinski definition) is 0. The minimum Gasteiger partial charge on any atom is -0.337 e. The fourth-order valence-electron chi connectivity index (χ4n) is 3.78. The Balaban J connectivity index is 1.41. The Kier molecular flexibility index (Phi) is 5.34. The number of pyridine rings is 1. The van der Waals surface area contributed by atoms with Gasteiger partial charge in [-0.2, -0.15) is 4.98 Å². The van der Waals surface area contributed by atoms with Crippen LogP contribution in [-0.4, -0.2) is 39.7 Å². The summed E-state index contributed by atoms with van der Waals surface area (Å²) < 4.78 is 33.4. The van der Waals surface area contributed by atoms with Gasteiger partial charge in [0.25, 0.3) is 5.91 Å². The molecule has 3 aromatic rings. The van der Waals surface area contributed by atoms with Crippen LogP contribution in [0.2, 0.25) is 0 Å². The minimum atomic E-state index is -1.53. The normalized spacial score (nSPS) is 20.2. The lowest BCUT2D eigenvalue weighted by Gasteiger charge is -2.40. The lowest BCUT2D eigenvalue weighted by atomic mass is 9.68. The number of carbonyl (C=O) groups excluding carboxylic acids is 1. The summed E-state index contributed by atoms with van der Waals surface area (Å²) in [7, 11) is 1.61. The van der Waals surface area contributed by atoms with Crippen molar-refractivity contribution in [3.63, 3.8) is 0 Å². The van der Waals surface area contributed by atoms with Crippen molar-refractivity contribution in [2.24, 2.45) is 4.99 Å². The summed E-state index contributed by atoms with van der Waals surface area (Å²) >= 11 is 0. The maximum absolute atomic E-state index is 15.0. The van der Waals surface area contributed by atoms with Gasteiger partial charge in [0.2, 0.25) is 5.89 Å². The molecule has 9 heteroatoms. The molecular weight excluding hydrogens is 404 g/mol. The van der Waals surface area contributed by atoms with E-state index in [1.165, 1.54) is 29.2 Å². The van der Waals surface area contributed by atoms with E-state index in [4.69, 9.17) is 4.52 Å². The van der Waals surface area contributed by atoms with Gasteiger partial charge in [0.15, 0.2) is 11.6 Å². The van der Waals surface area contributed by atoms with Crippen molar-refractivity contribution < 1.29 is 18.1 Å². The molecule has 1 aromatic carbocycles. The number of amides is 1. The Morgan fingerprint density at radius 1 is 1.32 bits per heavy atom. The van der Waals surface area contributed by atoms with Crippen molar-refractivity contribution in [2.75, 3.05) is 7.05 Å². The first-order valence-electron chi connectivity index (χ1n) is 9.76. The quantitative estimate of drug-likeness (QED) is 0.551. The van der Waals surface area contributed by atoms with Gasteiger partial charge in [-0.3, -0.25) is 4.79 Å². The van der Waals surface area contributed by atoms with E-state index >= 15 is 4.39 Å². The molecule has 0 aliphatic heterocycles. The van der Waals surface area contributed by atoms with E-state index in [0.717, 1.165) is 5.56 Å². The summed E-state index contributed by atoms with van der Waals surface area (Å²) in [4.78, 5) is 26.5. The van der Waals surface area contributed by atoms with Gasteiger partial charge in [-0.05, 0) is 55.8 Å². The molecule has 2 heterocycles. The summed E-state index contributed by atoms with van der Waals surface area (Å²) in [6, 6.07) is 7.14. The molecule has 0 radical (unpaired) electrons. The van der Waals surface area contributed by atoms with Crippen molar-refractivity contribution >= 4 is 18.4 Å². The summed E-state index contributed by atoms with van der Waals surface area (Å²) in [5.41, 5.74) is 0.00520. The number of alkyl halides is 1. The van der Waals surface area contributed by atoms with Gasteiger partial charge in [0.1, 0.15) is 11.5 Å². The van der Waals surface area contributed by atoms with Crippen LogP contribution < -0.4 is 0 Å². The van der Waals surface area contributed by atoms with Crippen molar-refractivity contribution in [1.82, 2.24) is 20.0 Å². The molecule has 31 heavy (non-hydrogen) atoms. The third-order valence-electron chi connectivity index (χ3n) is 5.57. The largest absolute Gasteiger partial charge is 0.337 e. The van der Waals surface area contributed by atoms with Crippen molar-refractivity contribution in [1.29, 1.82) is 0 Å². The highest BCUT2D eigenvalue weighted by Crippen LogP contribution is 2.53. The third kappa shape index (κ3) is 3.95. The van der Waals surface area contributed by atoms with Gasteiger partial charge in [0.05, 0.1) is 12.1 Å². The Labute approximate surface area is 177 Å². The second-order valence-electron chi connectivity index (χ2n) is 7.77. The van der Waals surface area contributed by atoms with Crippen LogP contribution in [0.4, 0.5) is 14.6 Å². The van der Waals surface area contributed by atoms with Gasteiger partial charge in [0, 0.05) is 19.2 Å². The van der Waals surface area contributed by atoms with Crippen molar-refractivity contribution in [3.8, 4) is 0 Å². The lowest BCUT2D eigenvalue weighted by Crippen LogP contribution is -2.36. The van der Waals surface area contributed by atoms with Gasteiger partial charge in [-0.1, -0.05) is 17.3 Å². The smallest absolute Gasteiger partial charge is 0.258 e. The number of aliphatic imine (C=N–C) groups is 1. The average Bonchev–Trinajstić information content (AvgIpc) is 3.19. The number of rotatable bonds is 6. The number of halogens is 2. The number of benzene rings is 1. The summed E-state index contributed by atoms with van der Waals surface area (Å²) in [5, 5.41) is 3.96. The van der Waals surface area contributed by atoms with Crippen LogP contribution in [-0.2, 0) is 12.2 Å². The average molecular weight is 425 g/mol. The van der Waals surface area contributed by atoms with Crippen LogP contribution >= 0.6 is 0 Å². The SMILES string of the molecule is C=Nc1nccc(C)c1C(=O)N(C)Cc1nc([C@H]2C[C@](F)(c3ccc(F)cc3)C2)no1. The Hall–Kier alpha value is -3.49. The monoisotopic (exact) mass is 425 g/mol. The molecule has 0 spiro atoms. The summed E-state index contributed by atoms with van der Waals surface area (Å²) in [5.74, 6) is 0.0110. The van der Waals surface area contributed by atoms with E-state index < -0.39 is 11.5 Å². The standard InChI is InChI=1S/C22H21F2N5O2/c1-13-8-9-26-20(25-2)18(13)21(30)29(3)12-17-27-19(28-31-17)14-10-22(24,11-14)15-4-6-16(23)7-5-15/h4-9,14H,2,10-12H2,1,3H3/t14-,22+. The second-order valence-corrected chi connectivity index (χ2v) is 7.77. The maximum atomic E-state index is 15.0. The van der Waals surface area contributed by atoms with Crippen LogP contribution in [0.1, 0.15) is 52.0 Å². The molecule has 4 rings (SSSR count). The Morgan fingerprint density at radius 3 is 2.71 bits per heavy atom. The molecule has 0 bridgehead atoms. The third-order valence-corrected chi connectivity index (χ3v) is 5.57. The molecule has 1 aliphatic carbocycles.